The van der Waals surface area contributed by atoms with Crippen molar-refractivity contribution in [3.63, 3.8) is 0 Å². The lowest BCUT2D eigenvalue weighted by Crippen LogP contribution is -1.76. The molecule has 0 unspecified atom stereocenters. The molecule has 0 N–H and O–H groups in total. The van der Waals surface area contributed by atoms with Gasteiger partial charge in [-0.1, -0.05) is 6.07 Å². The second-order valence-corrected chi connectivity index (χ2v) is 3.82. The van der Waals surface area contributed by atoms with E-state index in [1.165, 1.54) is 0 Å². The van der Waals surface area contributed by atoms with E-state index < -0.39 is 0 Å². The van der Waals surface area contributed by atoms with Crippen LogP contribution >= 0.6 is 15.9 Å². The molecule has 0 radical (unpaired) electrons. The van der Waals surface area contributed by atoms with E-state index in [1.54, 1.807) is 0 Å². The normalized spacial score (nSPS) is 11.0. The summed E-state index contributed by atoms with van der Waals surface area (Å²) in [4.78, 5) is 0. The lowest BCUT2D eigenvalue weighted by Gasteiger charge is -1.95. The molecule has 0 saturated carbocycles. The molecule has 2 aromatic heterocycles. The zero-order chi connectivity index (χ0) is 10.3. The Balaban J connectivity index is 2.30. The second-order valence-electron chi connectivity index (χ2n) is 3.04. The molecule has 0 aliphatic carbocycles. The monoisotopic (exact) mass is 264 g/mol. The van der Waals surface area contributed by atoms with Gasteiger partial charge in [0.05, 0.1) is 0 Å². The molecule has 0 spiro atoms. The van der Waals surface area contributed by atoms with Crippen LogP contribution in [0.4, 0.5) is 0 Å². The van der Waals surface area contributed by atoms with Crippen molar-refractivity contribution in [2.75, 3.05) is 0 Å². The van der Waals surface area contributed by atoms with E-state index in [1.807, 2.05) is 30.3 Å². The smallest absolute Gasteiger partial charge is 0.169 e. The van der Waals surface area contributed by atoms with Crippen LogP contribution in [-0.4, -0.2) is 10.3 Å². The molecule has 0 aliphatic rings. The molecule has 0 fully saturated rings. The average molecular weight is 265 g/mol. The molecular formula is C10H5BrN2O2. The van der Waals surface area contributed by atoms with Crippen LogP contribution in [0, 0.1) is 0 Å². The minimum absolute atomic E-state index is 0.686. The number of fused-ring (bicyclic) bond motifs is 1. The van der Waals surface area contributed by atoms with Crippen molar-refractivity contribution in [2.24, 2.45) is 0 Å². The number of nitrogens with zero attached hydrogens (tertiary/aromatic N) is 2. The Hall–Kier alpha value is -1.62. The maximum Gasteiger partial charge on any atom is 0.169 e. The van der Waals surface area contributed by atoms with Crippen LogP contribution in [-0.2, 0) is 0 Å². The Kier molecular flexibility index (Phi) is 1.85. The highest BCUT2D eigenvalue weighted by Crippen LogP contribution is 2.29. The van der Waals surface area contributed by atoms with Gasteiger partial charge in [-0.2, -0.15) is 0 Å². The standard InChI is InChI=1S/C10H5BrN2O2/c11-9-5-4-8(14-9)6-2-1-3-7-10(6)13-15-12-7/h1-5H. The summed E-state index contributed by atoms with van der Waals surface area (Å²) in [6.07, 6.45) is 0. The van der Waals surface area contributed by atoms with E-state index in [0.717, 1.165) is 16.8 Å². The molecule has 74 valence electrons. The van der Waals surface area contributed by atoms with Crippen molar-refractivity contribution in [1.82, 2.24) is 10.3 Å². The Labute approximate surface area is 93.0 Å². The van der Waals surface area contributed by atoms with Crippen molar-refractivity contribution in [2.45, 2.75) is 0 Å². The van der Waals surface area contributed by atoms with Gasteiger partial charge in [0.2, 0.25) is 0 Å². The van der Waals surface area contributed by atoms with Gasteiger partial charge in [-0.05, 0) is 50.5 Å². The van der Waals surface area contributed by atoms with E-state index in [-0.39, 0.29) is 0 Å². The SMILES string of the molecule is Brc1ccc(-c2cccc3nonc23)o1. The highest BCUT2D eigenvalue weighted by Gasteiger charge is 2.10. The molecule has 0 atom stereocenters. The molecule has 0 bridgehead atoms. The van der Waals surface area contributed by atoms with Crippen LogP contribution in [0.5, 0.6) is 0 Å². The van der Waals surface area contributed by atoms with Crippen LogP contribution in [0.25, 0.3) is 22.4 Å². The van der Waals surface area contributed by atoms with Crippen LogP contribution in [0.2, 0.25) is 0 Å². The first kappa shape index (κ1) is 8.67. The summed E-state index contributed by atoms with van der Waals surface area (Å²) >= 11 is 3.26. The molecule has 4 nitrogen and oxygen atoms in total. The van der Waals surface area contributed by atoms with E-state index in [2.05, 4.69) is 30.9 Å². The molecule has 1 aromatic carbocycles. The first-order valence-corrected chi connectivity index (χ1v) is 5.11. The van der Waals surface area contributed by atoms with E-state index >= 15 is 0 Å². The van der Waals surface area contributed by atoms with E-state index in [9.17, 15) is 0 Å². The summed E-state index contributed by atoms with van der Waals surface area (Å²) in [6.45, 7) is 0. The Morgan fingerprint density at radius 2 is 2.00 bits per heavy atom. The lowest BCUT2D eigenvalue weighted by atomic mass is 10.1. The number of rotatable bonds is 1. The van der Waals surface area contributed by atoms with Gasteiger partial charge < -0.3 is 4.42 Å². The van der Waals surface area contributed by atoms with Gasteiger partial charge in [0.25, 0.3) is 0 Å². The van der Waals surface area contributed by atoms with E-state index in [0.29, 0.717) is 10.2 Å². The van der Waals surface area contributed by atoms with Gasteiger partial charge in [-0.15, -0.1) is 0 Å². The number of hydrogen-bond donors (Lipinski definition) is 0. The summed E-state index contributed by atoms with van der Waals surface area (Å²) in [5.74, 6) is 0.739. The van der Waals surface area contributed by atoms with Crippen molar-refractivity contribution in [3.05, 3.63) is 35.0 Å². The zero-order valence-electron chi connectivity index (χ0n) is 7.48. The van der Waals surface area contributed by atoms with Crippen molar-refractivity contribution < 1.29 is 9.05 Å². The fraction of sp³-hybridized carbons (Fsp3) is 0. The first-order chi connectivity index (χ1) is 7.34. The van der Waals surface area contributed by atoms with Crippen LogP contribution in [0.1, 0.15) is 0 Å². The molecule has 3 aromatic rings. The summed E-state index contributed by atoms with van der Waals surface area (Å²) in [5.41, 5.74) is 2.30. The maximum atomic E-state index is 5.45. The van der Waals surface area contributed by atoms with Gasteiger partial charge in [0, 0.05) is 5.56 Å². The van der Waals surface area contributed by atoms with Gasteiger partial charge in [-0.25, -0.2) is 4.63 Å². The lowest BCUT2D eigenvalue weighted by molar-refractivity contribution is 0.315. The predicted octanol–water partition coefficient (Wildman–Crippen LogP) is 3.25. The zero-order valence-corrected chi connectivity index (χ0v) is 9.06. The highest BCUT2D eigenvalue weighted by molar-refractivity contribution is 9.10. The Morgan fingerprint density at radius 1 is 1.07 bits per heavy atom. The molecule has 0 amide bonds. The molecule has 0 aliphatic heterocycles. The number of furan rings is 1. The molecule has 3 rings (SSSR count). The topological polar surface area (TPSA) is 52.1 Å². The minimum Gasteiger partial charge on any atom is -0.449 e. The summed E-state index contributed by atoms with van der Waals surface area (Å²) in [5, 5.41) is 7.62. The van der Waals surface area contributed by atoms with Gasteiger partial charge in [0.1, 0.15) is 16.8 Å². The van der Waals surface area contributed by atoms with Crippen LogP contribution in [0.15, 0.2) is 44.0 Å². The summed E-state index contributed by atoms with van der Waals surface area (Å²) in [7, 11) is 0. The number of benzene rings is 1. The third-order valence-corrected chi connectivity index (χ3v) is 2.55. The third-order valence-electron chi connectivity index (χ3n) is 2.12. The maximum absolute atomic E-state index is 5.45. The van der Waals surface area contributed by atoms with Crippen LogP contribution < -0.4 is 0 Å². The molecule has 2 heterocycles. The number of halogens is 1. The quantitative estimate of drug-likeness (QED) is 0.677. The average Bonchev–Trinajstić information content (AvgIpc) is 2.84. The highest BCUT2D eigenvalue weighted by atomic mass is 79.9. The Morgan fingerprint density at radius 3 is 2.80 bits per heavy atom. The first-order valence-electron chi connectivity index (χ1n) is 4.31. The molecule has 15 heavy (non-hydrogen) atoms. The van der Waals surface area contributed by atoms with Crippen molar-refractivity contribution >= 4 is 27.0 Å². The second kappa shape index (κ2) is 3.20. The minimum atomic E-state index is 0.686. The fourth-order valence-corrected chi connectivity index (χ4v) is 1.77. The number of hydrogen-bond acceptors (Lipinski definition) is 4. The summed E-state index contributed by atoms with van der Waals surface area (Å²) in [6, 6.07) is 9.35. The summed E-state index contributed by atoms with van der Waals surface area (Å²) < 4.78 is 10.8. The third kappa shape index (κ3) is 1.35. The number of aromatic nitrogens is 2. The Bertz CT molecular complexity index is 614. The predicted molar refractivity (Wildman–Crippen MR) is 57.2 cm³/mol. The van der Waals surface area contributed by atoms with E-state index in [4.69, 9.17) is 4.42 Å². The van der Waals surface area contributed by atoms with Gasteiger partial charge >= 0.3 is 0 Å². The van der Waals surface area contributed by atoms with Crippen molar-refractivity contribution in [3.8, 4) is 11.3 Å². The largest absolute Gasteiger partial charge is 0.449 e. The molecule has 0 saturated heterocycles. The molecular weight excluding hydrogens is 260 g/mol. The van der Waals surface area contributed by atoms with Gasteiger partial charge in [-0.3, -0.25) is 0 Å². The fourth-order valence-electron chi connectivity index (χ4n) is 1.46. The van der Waals surface area contributed by atoms with Gasteiger partial charge in [0.15, 0.2) is 4.67 Å². The van der Waals surface area contributed by atoms with Crippen LogP contribution in [0.3, 0.4) is 0 Å². The van der Waals surface area contributed by atoms with Crippen molar-refractivity contribution in [1.29, 1.82) is 0 Å². The molecule has 5 heteroatoms.